The zero-order chi connectivity index (χ0) is 25.6. The van der Waals surface area contributed by atoms with E-state index in [2.05, 4.69) is 24.0 Å². The van der Waals surface area contributed by atoms with E-state index in [-0.39, 0.29) is 18.2 Å². The largest absolute Gasteiger partial charge is 0.469 e. The van der Waals surface area contributed by atoms with Gasteiger partial charge >= 0.3 is 5.97 Å². The SMILES string of the molecule is COC(=O)C[C@@H]1N=C(c2ccc(N(C)c3ccc(F)cc3)cc2)c2c(sc(C)c2C)-n2c(C)nnc21. The summed E-state index contributed by atoms with van der Waals surface area (Å²) in [6.45, 7) is 6.10. The maximum absolute atomic E-state index is 13.4. The molecule has 0 radical (unpaired) electrons. The van der Waals surface area contributed by atoms with Crippen LogP contribution in [0.25, 0.3) is 5.00 Å². The number of aliphatic imine (C=N–C) groups is 1. The van der Waals surface area contributed by atoms with E-state index >= 15 is 0 Å². The van der Waals surface area contributed by atoms with E-state index in [1.807, 2.05) is 47.7 Å². The van der Waals surface area contributed by atoms with Crippen molar-refractivity contribution >= 4 is 34.4 Å². The minimum atomic E-state index is -0.533. The third-order valence-corrected chi connectivity index (χ3v) is 7.76. The number of thiophene rings is 1. The predicted octanol–water partition coefficient (Wildman–Crippen LogP) is 5.62. The van der Waals surface area contributed by atoms with E-state index in [9.17, 15) is 9.18 Å². The third kappa shape index (κ3) is 4.09. The molecule has 0 aliphatic carbocycles. The van der Waals surface area contributed by atoms with Gasteiger partial charge in [0.05, 0.1) is 19.2 Å². The summed E-state index contributed by atoms with van der Waals surface area (Å²) in [5, 5.41) is 9.69. The summed E-state index contributed by atoms with van der Waals surface area (Å²) < 4.78 is 20.3. The molecular weight excluding hydrogens is 477 g/mol. The molecule has 0 saturated carbocycles. The number of anilines is 2. The van der Waals surface area contributed by atoms with Crippen LogP contribution in [-0.2, 0) is 9.53 Å². The number of nitrogens with zero attached hydrogens (tertiary/aromatic N) is 5. The van der Waals surface area contributed by atoms with Crippen LogP contribution in [0.1, 0.15) is 45.7 Å². The van der Waals surface area contributed by atoms with Crippen LogP contribution >= 0.6 is 11.3 Å². The molecule has 1 aliphatic rings. The first-order valence-electron chi connectivity index (χ1n) is 11.6. The molecule has 0 N–H and O–H groups in total. The van der Waals surface area contributed by atoms with Crippen LogP contribution < -0.4 is 4.90 Å². The van der Waals surface area contributed by atoms with E-state index < -0.39 is 6.04 Å². The Kier molecular flexibility index (Phi) is 6.17. The van der Waals surface area contributed by atoms with Crippen molar-refractivity contribution in [1.29, 1.82) is 0 Å². The lowest BCUT2D eigenvalue weighted by atomic mass is 9.99. The Morgan fingerprint density at radius 3 is 2.33 bits per heavy atom. The van der Waals surface area contributed by atoms with Crippen LogP contribution in [0.3, 0.4) is 0 Å². The molecular formula is C27H26FN5O2S. The first-order chi connectivity index (χ1) is 17.3. The van der Waals surface area contributed by atoms with Gasteiger partial charge < -0.3 is 9.64 Å². The summed E-state index contributed by atoms with van der Waals surface area (Å²) in [6.07, 6.45) is 0.0660. The van der Waals surface area contributed by atoms with Crippen molar-refractivity contribution in [2.75, 3.05) is 19.1 Å². The summed E-state index contributed by atoms with van der Waals surface area (Å²) in [4.78, 5) is 20.6. The third-order valence-electron chi connectivity index (χ3n) is 6.57. The summed E-state index contributed by atoms with van der Waals surface area (Å²) in [6, 6.07) is 13.9. The van der Waals surface area contributed by atoms with Crippen molar-refractivity contribution < 1.29 is 13.9 Å². The molecule has 0 saturated heterocycles. The second-order valence-electron chi connectivity index (χ2n) is 8.76. The molecule has 0 unspecified atom stereocenters. The van der Waals surface area contributed by atoms with Crippen molar-refractivity contribution in [1.82, 2.24) is 14.8 Å². The summed E-state index contributed by atoms with van der Waals surface area (Å²) in [7, 11) is 3.32. The van der Waals surface area contributed by atoms with Crippen molar-refractivity contribution in [3.63, 3.8) is 0 Å². The van der Waals surface area contributed by atoms with Crippen molar-refractivity contribution in [2.24, 2.45) is 4.99 Å². The average molecular weight is 504 g/mol. The van der Waals surface area contributed by atoms with Gasteiger partial charge in [0.25, 0.3) is 0 Å². The second-order valence-corrected chi connectivity index (χ2v) is 9.96. The van der Waals surface area contributed by atoms with Gasteiger partial charge in [-0.3, -0.25) is 14.4 Å². The summed E-state index contributed by atoms with van der Waals surface area (Å²) >= 11 is 1.67. The van der Waals surface area contributed by atoms with E-state index in [1.54, 1.807) is 23.5 Å². The zero-order valence-corrected chi connectivity index (χ0v) is 21.6. The number of aromatic nitrogens is 3. The molecule has 0 spiro atoms. The fraction of sp³-hybridized carbons (Fsp3) is 0.259. The van der Waals surface area contributed by atoms with Gasteiger partial charge in [-0.1, -0.05) is 12.1 Å². The number of esters is 1. The molecule has 0 fully saturated rings. The predicted molar refractivity (Wildman–Crippen MR) is 139 cm³/mol. The van der Waals surface area contributed by atoms with Gasteiger partial charge in [-0.2, -0.15) is 0 Å². The fourth-order valence-electron chi connectivity index (χ4n) is 4.42. The van der Waals surface area contributed by atoms with E-state index in [4.69, 9.17) is 9.73 Å². The maximum Gasteiger partial charge on any atom is 0.308 e. The van der Waals surface area contributed by atoms with E-state index in [0.29, 0.717) is 5.82 Å². The number of carbonyl (C=O) groups is 1. The Morgan fingerprint density at radius 1 is 1.06 bits per heavy atom. The Morgan fingerprint density at radius 2 is 1.69 bits per heavy atom. The molecule has 1 atom stereocenters. The number of carbonyl (C=O) groups excluding carboxylic acids is 1. The van der Waals surface area contributed by atoms with Crippen LogP contribution in [0.15, 0.2) is 53.5 Å². The van der Waals surface area contributed by atoms with Gasteiger partial charge in [0.15, 0.2) is 5.82 Å². The van der Waals surface area contributed by atoms with Crippen LogP contribution in [0.2, 0.25) is 0 Å². The lowest BCUT2D eigenvalue weighted by molar-refractivity contribution is -0.141. The highest BCUT2D eigenvalue weighted by Crippen LogP contribution is 2.39. The topological polar surface area (TPSA) is 72.6 Å². The number of rotatable bonds is 5. The highest BCUT2D eigenvalue weighted by atomic mass is 32.1. The quantitative estimate of drug-likeness (QED) is 0.331. The Hall–Kier alpha value is -3.85. The van der Waals surface area contributed by atoms with Crippen molar-refractivity contribution in [2.45, 2.75) is 33.2 Å². The lowest BCUT2D eigenvalue weighted by Gasteiger charge is -2.20. The number of ether oxygens (including phenoxy) is 1. The maximum atomic E-state index is 13.4. The molecule has 36 heavy (non-hydrogen) atoms. The van der Waals surface area contributed by atoms with Crippen LogP contribution in [0, 0.1) is 26.6 Å². The average Bonchev–Trinajstić information content (AvgIpc) is 3.36. The molecule has 1 aliphatic heterocycles. The minimum Gasteiger partial charge on any atom is -0.469 e. The lowest BCUT2D eigenvalue weighted by Crippen LogP contribution is -2.12. The molecule has 3 heterocycles. The van der Waals surface area contributed by atoms with Crippen LogP contribution in [0.4, 0.5) is 15.8 Å². The number of benzene rings is 2. The van der Waals surface area contributed by atoms with Gasteiger partial charge in [0.1, 0.15) is 22.7 Å². The summed E-state index contributed by atoms with van der Waals surface area (Å²) in [5.41, 5.74) is 5.74. The zero-order valence-electron chi connectivity index (χ0n) is 20.7. The molecule has 7 nitrogen and oxygen atoms in total. The van der Waals surface area contributed by atoms with Gasteiger partial charge in [-0.15, -0.1) is 21.5 Å². The highest BCUT2D eigenvalue weighted by Gasteiger charge is 2.32. The number of methoxy groups -OCH3 is 1. The Balaban J connectivity index is 1.62. The summed E-state index contributed by atoms with van der Waals surface area (Å²) in [5.74, 6) is 0.751. The number of fused-ring (bicyclic) bond motifs is 3. The molecule has 9 heteroatoms. The number of aryl methyl sites for hydroxylation is 2. The standard InChI is InChI=1S/C27H26FN5O2S/c1-15-16(2)36-27-24(15)25(29-22(14-23(34)35-5)26-31-30-17(3)33(26)27)18-6-10-20(11-7-18)32(4)21-12-8-19(28)9-13-21/h6-13,22H,14H2,1-5H3/t22-/m0/s1. The molecule has 2 aromatic heterocycles. The Bertz CT molecular complexity index is 1470. The van der Waals surface area contributed by atoms with Crippen molar-refractivity contribution in [3.8, 4) is 5.00 Å². The minimum absolute atomic E-state index is 0.0660. The molecule has 0 bridgehead atoms. The molecule has 184 valence electrons. The van der Waals surface area contributed by atoms with Gasteiger partial charge in [0.2, 0.25) is 0 Å². The second kappa shape index (κ2) is 9.31. The van der Waals surface area contributed by atoms with Crippen molar-refractivity contribution in [3.05, 3.63) is 87.6 Å². The Labute approximate surface area is 212 Å². The van der Waals surface area contributed by atoms with Gasteiger partial charge in [0, 0.05) is 34.4 Å². The highest BCUT2D eigenvalue weighted by molar-refractivity contribution is 7.15. The molecule has 4 aromatic rings. The van der Waals surface area contributed by atoms with E-state index in [0.717, 1.165) is 44.6 Å². The number of halogens is 1. The van der Waals surface area contributed by atoms with Gasteiger partial charge in [-0.05, 0) is 62.7 Å². The number of hydrogen-bond donors (Lipinski definition) is 0. The first-order valence-corrected chi connectivity index (χ1v) is 12.4. The molecule has 2 aromatic carbocycles. The fourth-order valence-corrected chi connectivity index (χ4v) is 5.64. The first kappa shape index (κ1) is 23.9. The normalized spacial score (nSPS) is 14.5. The van der Waals surface area contributed by atoms with Gasteiger partial charge in [-0.25, -0.2) is 4.39 Å². The monoisotopic (exact) mass is 503 g/mol. The van der Waals surface area contributed by atoms with Crippen LogP contribution in [-0.4, -0.2) is 40.6 Å². The van der Waals surface area contributed by atoms with Crippen LogP contribution in [0.5, 0.6) is 0 Å². The van der Waals surface area contributed by atoms with E-state index in [1.165, 1.54) is 24.1 Å². The smallest absolute Gasteiger partial charge is 0.308 e. The number of hydrogen-bond acceptors (Lipinski definition) is 7. The molecule has 0 amide bonds. The molecule has 5 rings (SSSR count).